The standard InChI is InChI=1S/C15H19NO5/c17-9-13-8-15(20-6-7-21-15)11-16(13)14(18)19-10-12-4-2-1-3-5-12/h1-5,13,17H,6-11H2/t13-/m1/s1. The summed E-state index contributed by atoms with van der Waals surface area (Å²) in [6.07, 6.45) is 0.0260. The highest BCUT2D eigenvalue weighted by Gasteiger charge is 2.50. The molecule has 1 aromatic carbocycles. The van der Waals surface area contributed by atoms with Crippen LogP contribution in [0.3, 0.4) is 0 Å². The minimum absolute atomic E-state index is 0.130. The van der Waals surface area contributed by atoms with Gasteiger partial charge in [-0.15, -0.1) is 0 Å². The first-order valence-corrected chi connectivity index (χ1v) is 7.08. The molecule has 2 aliphatic heterocycles. The van der Waals surface area contributed by atoms with Crippen molar-refractivity contribution >= 4 is 6.09 Å². The number of nitrogens with zero attached hydrogens (tertiary/aromatic N) is 1. The molecule has 1 atom stereocenters. The molecule has 1 spiro atoms. The number of likely N-dealkylation sites (tertiary alicyclic amines) is 1. The second-order valence-electron chi connectivity index (χ2n) is 5.32. The Morgan fingerprint density at radius 3 is 2.71 bits per heavy atom. The fourth-order valence-corrected chi connectivity index (χ4v) is 2.81. The summed E-state index contributed by atoms with van der Waals surface area (Å²) in [4.78, 5) is 13.7. The number of amides is 1. The number of benzene rings is 1. The summed E-state index contributed by atoms with van der Waals surface area (Å²) >= 11 is 0. The Kier molecular flexibility index (Phi) is 4.10. The third-order valence-electron chi connectivity index (χ3n) is 3.86. The first-order valence-electron chi connectivity index (χ1n) is 7.08. The zero-order chi connectivity index (χ0) is 14.7. The monoisotopic (exact) mass is 293 g/mol. The van der Waals surface area contributed by atoms with Gasteiger partial charge in [-0.25, -0.2) is 4.79 Å². The van der Waals surface area contributed by atoms with Crippen molar-refractivity contribution < 1.29 is 24.1 Å². The van der Waals surface area contributed by atoms with Crippen molar-refractivity contribution in [2.24, 2.45) is 0 Å². The lowest BCUT2D eigenvalue weighted by Crippen LogP contribution is -2.40. The maximum absolute atomic E-state index is 12.2. The molecule has 0 unspecified atom stereocenters. The van der Waals surface area contributed by atoms with E-state index < -0.39 is 11.9 Å². The molecule has 0 aliphatic carbocycles. The van der Waals surface area contributed by atoms with Gasteiger partial charge in [0.2, 0.25) is 0 Å². The number of carbonyl (C=O) groups is 1. The molecule has 114 valence electrons. The highest BCUT2D eigenvalue weighted by atomic mass is 16.7. The van der Waals surface area contributed by atoms with Crippen LogP contribution in [0.15, 0.2) is 30.3 Å². The Balaban J connectivity index is 1.60. The summed E-state index contributed by atoms with van der Waals surface area (Å²) in [7, 11) is 0. The van der Waals surface area contributed by atoms with Crippen LogP contribution < -0.4 is 0 Å². The Morgan fingerprint density at radius 1 is 1.33 bits per heavy atom. The molecule has 1 N–H and O–H groups in total. The highest BCUT2D eigenvalue weighted by Crippen LogP contribution is 2.34. The van der Waals surface area contributed by atoms with E-state index in [1.54, 1.807) is 0 Å². The average molecular weight is 293 g/mol. The maximum Gasteiger partial charge on any atom is 0.410 e. The third-order valence-corrected chi connectivity index (χ3v) is 3.86. The predicted molar refractivity (Wildman–Crippen MR) is 73.5 cm³/mol. The predicted octanol–water partition coefficient (Wildman–Crippen LogP) is 1.13. The fraction of sp³-hybridized carbons (Fsp3) is 0.533. The lowest BCUT2D eigenvalue weighted by Gasteiger charge is -2.23. The van der Waals surface area contributed by atoms with Gasteiger partial charge in [0.05, 0.1) is 32.4 Å². The van der Waals surface area contributed by atoms with E-state index in [1.165, 1.54) is 4.90 Å². The van der Waals surface area contributed by atoms with Gasteiger partial charge in [-0.3, -0.25) is 4.90 Å². The van der Waals surface area contributed by atoms with Crippen LogP contribution in [-0.2, 0) is 20.8 Å². The van der Waals surface area contributed by atoms with E-state index >= 15 is 0 Å². The molecular formula is C15H19NO5. The van der Waals surface area contributed by atoms with Gasteiger partial charge in [-0.2, -0.15) is 0 Å². The van der Waals surface area contributed by atoms with E-state index in [4.69, 9.17) is 14.2 Å². The molecule has 3 rings (SSSR count). The van der Waals surface area contributed by atoms with Crippen LogP contribution >= 0.6 is 0 Å². The van der Waals surface area contributed by atoms with Crippen molar-refractivity contribution in [3.8, 4) is 0 Å². The van der Waals surface area contributed by atoms with Crippen LogP contribution in [0.25, 0.3) is 0 Å². The number of rotatable bonds is 3. The number of aliphatic hydroxyl groups is 1. The quantitative estimate of drug-likeness (QED) is 0.905. The molecule has 2 heterocycles. The Bertz CT molecular complexity index is 486. The first kappa shape index (κ1) is 14.3. The van der Waals surface area contributed by atoms with Crippen molar-refractivity contribution in [2.45, 2.75) is 24.9 Å². The minimum atomic E-state index is -0.765. The zero-order valence-electron chi connectivity index (χ0n) is 11.7. The van der Waals surface area contributed by atoms with Gasteiger partial charge in [0.15, 0.2) is 5.79 Å². The van der Waals surface area contributed by atoms with Crippen LogP contribution in [0.5, 0.6) is 0 Å². The van der Waals surface area contributed by atoms with E-state index in [9.17, 15) is 9.90 Å². The molecule has 0 aromatic heterocycles. The first-order chi connectivity index (χ1) is 10.2. The summed E-state index contributed by atoms with van der Waals surface area (Å²) in [5.41, 5.74) is 0.925. The summed E-state index contributed by atoms with van der Waals surface area (Å²) in [5, 5.41) is 9.45. The van der Waals surface area contributed by atoms with E-state index in [-0.39, 0.29) is 19.3 Å². The Hall–Kier alpha value is -1.63. The molecule has 1 aromatic rings. The van der Waals surface area contributed by atoms with E-state index in [0.29, 0.717) is 26.2 Å². The van der Waals surface area contributed by atoms with Crippen LogP contribution in [-0.4, -0.2) is 54.3 Å². The smallest absolute Gasteiger partial charge is 0.410 e. The minimum Gasteiger partial charge on any atom is -0.445 e. The molecule has 21 heavy (non-hydrogen) atoms. The summed E-state index contributed by atoms with van der Waals surface area (Å²) < 4.78 is 16.5. The summed E-state index contributed by atoms with van der Waals surface area (Å²) in [6, 6.07) is 9.16. The van der Waals surface area contributed by atoms with Gasteiger partial charge in [0.1, 0.15) is 6.61 Å². The van der Waals surface area contributed by atoms with Crippen molar-refractivity contribution in [3.05, 3.63) is 35.9 Å². The van der Waals surface area contributed by atoms with Gasteiger partial charge in [0.25, 0.3) is 0 Å². The lowest BCUT2D eigenvalue weighted by molar-refractivity contribution is -0.145. The molecule has 6 nitrogen and oxygen atoms in total. The van der Waals surface area contributed by atoms with Crippen molar-refractivity contribution in [1.82, 2.24) is 4.90 Å². The molecule has 0 radical (unpaired) electrons. The van der Waals surface area contributed by atoms with Gasteiger partial charge in [-0.1, -0.05) is 30.3 Å². The molecule has 2 saturated heterocycles. The lowest BCUT2D eigenvalue weighted by atomic mass is 10.2. The van der Waals surface area contributed by atoms with E-state index in [1.807, 2.05) is 30.3 Å². The Morgan fingerprint density at radius 2 is 2.05 bits per heavy atom. The van der Waals surface area contributed by atoms with Crippen LogP contribution in [0.4, 0.5) is 4.79 Å². The summed E-state index contributed by atoms with van der Waals surface area (Å²) in [5.74, 6) is -0.765. The van der Waals surface area contributed by atoms with Crippen molar-refractivity contribution in [2.75, 3.05) is 26.4 Å². The van der Waals surface area contributed by atoms with E-state index in [2.05, 4.69) is 0 Å². The van der Waals surface area contributed by atoms with Gasteiger partial charge in [-0.05, 0) is 5.56 Å². The number of hydrogen-bond donors (Lipinski definition) is 1. The van der Waals surface area contributed by atoms with Crippen molar-refractivity contribution in [3.63, 3.8) is 0 Å². The maximum atomic E-state index is 12.2. The second-order valence-corrected chi connectivity index (χ2v) is 5.32. The van der Waals surface area contributed by atoms with Gasteiger partial charge < -0.3 is 19.3 Å². The largest absolute Gasteiger partial charge is 0.445 e. The number of ether oxygens (including phenoxy) is 3. The van der Waals surface area contributed by atoms with E-state index in [0.717, 1.165) is 5.56 Å². The molecule has 2 aliphatic rings. The molecule has 2 fully saturated rings. The Labute approximate surface area is 123 Å². The van der Waals surface area contributed by atoms with Crippen LogP contribution in [0, 0.1) is 0 Å². The number of hydrogen-bond acceptors (Lipinski definition) is 5. The average Bonchev–Trinajstić information content (AvgIpc) is 3.13. The number of aliphatic hydroxyl groups excluding tert-OH is 1. The third kappa shape index (κ3) is 3.02. The topological polar surface area (TPSA) is 68.2 Å². The molecule has 0 bridgehead atoms. The van der Waals surface area contributed by atoms with Gasteiger partial charge in [0, 0.05) is 6.42 Å². The normalized spacial score (nSPS) is 23.7. The van der Waals surface area contributed by atoms with Crippen molar-refractivity contribution in [1.29, 1.82) is 0 Å². The van der Waals surface area contributed by atoms with Crippen LogP contribution in [0.2, 0.25) is 0 Å². The second kappa shape index (κ2) is 6.01. The molecule has 0 saturated carbocycles. The van der Waals surface area contributed by atoms with Crippen LogP contribution in [0.1, 0.15) is 12.0 Å². The number of carbonyl (C=O) groups excluding carboxylic acids is 1. The summed E-state index contributed by atoms with van der Waals surface area (Å²) in [6.45, 7) is 1.42. The molecular weight excluding hydrogens is 274 g/mol. The molecule has 6 heteroatoms. The zero-order valence-corrected chi connectivity index (χ0v) is 11.7. The fourth-order valence-electron chi connectivity index (χ4n) is 2.81. The SMILES string of the molecule is O=C(OCc1ccccc1)N1CC2(C[C@@H]1CO)OCCO2. The molecule has 1 amide bonds. The van der Waals surface area contributed by atoms with Gasteiger partial charge >= 0.3 is 6.09 Å². The highest BCUT2D eigenvalue weighted by molar-refractivity contribution is 5.68.